The maximum absolute atomic E-state index is 10.3. The number of aliphatic imine (C=N–C) groups is 1. The molecule has 3 N–H and O–H groups in total. The van der Waals surface area contributed by atoms with Crippen LogP contribution in [0.4, 0.5) is 0 Å². The highest BCUT2D eigenvalue weighted by Gasteiger charge is 1.93. The van der Waals surface area contributed by atoms with Gasteiger partial charge in [-0.3, -0.25) is 9.79 Å². The average Bonchev–Trinajstić information content (AvgIpc) is 2.04. The van der Waals surface area contributed by atoms with Crippen LogP contribution in [0, 0.1) is 0 Å². The summed E-state index contributed by atoms with van der Waals surface area (Å²) in [5.74, 6) is 4.82. The first kappa shape index (κ1) is 11.2. The molecule has 0 aliphatic carbocycles. The summed E-state index contributed by atoms with van der Waals surface area (Å²) in [6.45, 7) is 2.08. The number of amidine groups is 1. The van der Waals surface area contributed by atoms with E-state index in [0.29, 0.717) is 18.3 Å². The van der Waals surface area contributed by atoms with Crippen molar-refractivity contribution in [1.82, 2.24) is 5.43 Å². The van der Waals surface area contributed by atoms with Crippen LogP contribution in [0.2, 0.25) is 0 Å². The normalized spacial score (nSPS) is 11.1. The molecule has 0 saturated heterocycles. The summed E-state index contributed by atoms with van der Waals surface area (Å²) < 4.78 is 4.66. The Morgan fingerprint density at radius 1 is 1.75 bits per heavy atom. The standard InChI is InChI=1S/C6H13N3O2S/c1-5(10)11-4-3-8-6(9-7)12-2/h3-4,7H2,1-2H3,(H,8,9). The van der Waals surface area contributed by atoms with Crippen molar-refractivity contribution in [3.63, 3.8) is 0 Å². The lowest BCUT2D eigenvalue weighted by Gasteiger charge is -2.01. The number of hydrogen-bond acceptors (Lipinski definition) is 5. The van der Waals surface area contributed by atoms with Gasteiger partial charge >= 0.3 is 5.97 Å². The number of nitrogens with two attached hydrogens (primary N) is 1. The van der Waals surface area contributed by atoms with Gasteiger partial charge in [0.1, 0.15) is 6.61 Å². The minimum absolute atomic E-state index is 0.293. The molecule has 0 bridgehead atoms. The van der Waals surface area contributed by atoms with Crippen LogP contribution in [-0.2, 0) is 9.53 Å². The van der Waals surface area contributed by atoms with E-state index in [-0.39, 0.29) is 5.97 Å². The third-order valence-corrected chi connectivity index (χ3v) is 1.60. The second kappa shape index (κ2) is 6.93. The van der Waals surface area contributed by atoms with Crippen molar-refractivity contribution in [2.75, 3.05) is 19.4 Å². The molecule has 6 heteroatoms. The monoisotopic (exact) mass is 191 g/mol. The number of carbonyl (C=O) groups excluding carboxylic acids is 1. The molecule has 0 radical (unpaired) electrons. The van der Waals surface area contributed by atoms with Crippen LogP contribution in [0.5, 0.6) is 0 Å². The number of nitrogens with zero attached hydrogens (tertiary/aromatic N) is 1. The zero-order valence-corrected chi connectivity index (χ0v) is 7.98. The highest BCUT2D eigenvalue weighted by molar-refractivity contribution is 8.13. The van der Waals surface area contributed by atoms with Crippen LogP contribution < -0.4 is 11.3 Å². The lowest BCUT2D eigenvalue weighted by Crippen LogP contribution is -2.28. The molecule has 0 aromatic heterocycles. The second-order valence-electron chi connectivity index (χ2n) is 1.88. The van der Waals surface area contributed by atoms with Crippen molar-refractivity contribution in [3.8, 4) is 0 Å². The summed E-state index contributed by atoms with van der Waals surface area (Å²) >= 11 is 1.40. The topological polar surface area (TPSA) is 76.7 Å². The van der Waals surface area contributed by atoms with Gasteiger partial charge in [-0.05, 0) is 6.26 Å². The van der Waals surface area contributed by atoms with Gasteiger partial charge in [0.25, 0.3) is 0 Å². The van der Waals surface area contributed by atoms with E-state index in [1.165, 1.54) is 18.7 Å². The summed E-state index contributed by atoms with van der Waals surface area (Å²) in [7, 11) is 0. The van der Waals surface area contributed by atoms with Crippen molar-refractivity contribution in [3.05, 3.63) is 0 Å². The lowest BCUT2D eigenvalue weighted by molar-refractivity contribution is -0.140. The molecule has 12 heavy (non-hydrogen) atoms. The van der Waals surface area contributed by atoms with Crippen LogP contribution in [0.25, 0.3) is 0 Å². The number of rotatable bonds is 3. The fourth-order valence-corrected chi connectivity index (χ4v) is 0.844. The minimum Gasteiger partial charge on any atom is -0.464 e. The molecule has 0 atom stereocenters. The van der Waals surface area contributed by atoms with Crippen molar-refractivity contribution in [2.45, 2.75) is 6.92 Å². The Morgan fingerprint density at radius 2 is 2.42 bits per heavy atom. The quantitative estimate of drug-likeness (QED) is 0.160. The van der Waals surface area contributed by atoms with E-state index in [1.54, 1.807) is 0 Å². The predicted octanol–water partition coefficient (Wildman–Crippen LogP) is -0.268. The fraction of sp³-hybridized carbons (Fsp3) is 0.667. The molecular formula is C6H13N3O2S. The van der Waals surface area contributed by atoms with E-state index in [9.17, 15) is 4.79 Å². The second-order valence-corrected chi connectivity index (χ2v) is 2.67. The van der Waals surface area contributed by atoms with Gasteiger partial charge in [0.15, 0.2) is 5.17 Å². The third kappa shape index (κ3) is 5.99. The van der Waals surface area contributed by atoms with Gasteiger partial charge < -0.3 is 10.2 Å². The highest BCUT2D eigenvalue weighted by Crippen LogP contribution is 1.92. The maximum Gasteiger partial charge on any atom is 0.302 e. The van der Waals surface area contributed by atoms with E-state index < -0.39 is 0 Å². The van der Waals surface area contributed by atoms with Crippen LogP contribution in [0.3, 0.4) is 0 Å². The van der Waals surface area contributed by atoms with Gasteiger partial charge in [-0.2, -0.15) is 0 Å². The van der Waals surface area contributed by atoms with Crippen molar-refractivity contribution in [2.24, 2.45) is 10.8 Å². The maximum atomic E-state index is 10.3. The van der Waals surface area contributed by atoms with Gasteiger partial charge in [-0.15, -0.1) is 0 Å². The molecule has 0 aromatic carbocycles. The summed E-state index contributed by atoms with van der Waals surface area (Å²) in [6, 6.07) is 0. The average molecular weight is 191 g/mol. The first-order valence-corrected chi connectivity index (χ1v) is 4.61. The molecule has 0 aliphatic heterocycles. The van der Waals surface area contributed by atoms with Gasteiger partial charge in [0, 0.05) is 6.92 Å². The Balaban J connectivity index is 3.51. The van der Waals surface area contributed by atoms with Crippen molar-refractivity contribution in [1.29, 1.82) is 0 Å². The van der Waals surface area contributed by atoms with E-state index in [0.717, 1.165) is 0 Å². The largest absolute Gasteiger partial charge is 0.464 e. The fourth-order valence-electron chi connectivity index (χ4n) is 0.506. The summed E-state index contributed by atoms with van der Waals surface area (Å²) in [6.07, 6.45) is 1.85. The summed E-state index contributed by atoms with van der Waals surface area (Å²) in [5, 5.41) is 0.627. The number of carbonyl (C=O) groups is 1. The zero-order valence-electron chi connectivity index (χ0n) is 7.16. The third-order valence-electron chi connectivity index (χ3n) is 0.969. The highest BCUT2D eigenvalue weighted by atomic mass is 32.2. The Kier molecular flexibility index (Phi) is 6.50. The van der Waals surface area contributed by atoms with E-state index in [4.69, 9.17) is 5.84 Å². The Morgan fingerprint density at radius 3 is 2.83 bits per heavy atom. The molecular weight excluding hydrogens is 178 g/mol. The van der Waals surface area contributed by atoms with E-state index in [1.807, 2.05) is 6.26 Å². The molecule has 0 rings (SSSR count). The summed E-state index contributed by atoms with van der Waals surface area (Å²) in [5.41, 5.74) is 2.41. The zero-order chi connectivity index (χ0) is 9.40. The van der Waals surface area contributed by atoms with Gasteiger partial charge in [0.2, 0.25) is 0 Å². The SMILES string of the molecule is CSC(=NCCOC(C)=O)NN. The Labute approximate surface area is 75.7 Å². The van der Waals surface area contributed by atoms with Crippen LogP contribution >= 0.6 is 11.8 Å². The molecule has 70 valence electrons. The smallest absolute Gasteiger partial charge is 0.302 e. The number of nitrogens with one attached hydrogen (secondary N) is 1. The van der Waals surface area contributed by atoms with Crippen LogP contribution in [0.1, 0.15) is 6.92 Å². The number of esters is 1. The minimum atomic E-state index is -0.295. The van der Waals surface area contributed by atoms with Gasteiger partial charge in [0.05, 0.1) is 6.54 Å². The molecule has 0 aliphatic rings. The summed E-state index contributed by atoms with van der Waals surface area (Å²) in [4.78, 5) is 14.3. The Bertz CT molecular complexity index is 166. The van der Waals surface area contributed by atoms with E-state index >= 15 is 0 Å². The van der Waals surface area contributed by atoms with Crippen LogP contribution in [0.15, 0.2) is 4.99 Å². The molecule has 5 nitrogen and oxygen atoms in total. The molecule has 0 fully saturated rings. The molecule has 0 spiro atoms. The lowest BCUT2D eigenvalue weighted by atomic mass is 10.7. The Hall–Kier alpha value is -0.750. The van der Waals surface area contributed by atoms with Gasteiger partial charge in [-0.1, -0.05) is 11.8 Å². The molecule has 0 aromatic rings. The number of thioether (sulfide) groups is 1. The molecule has 0 unspecified atom stereocenters. The molecule has 0 amide bonds. The number of hydrazine groups is 1. The van der Waals surface area contributed by atoms with E-state index in [2.05, 4.69) is 15.2 Å². The van der Waals surface area contributed by atoms with Crippen molar-refractivity contribution < 1.29 is 9.53 Å². The first-order valence-electron chi connectivity index (χ1n) is 3.39. The first-order chi connectivity index (χ1) is 5.70. The molecule has 0 saturated carbocycles. The molecule has 0 heterocycles. The predicted molar refractivity (Wildman–Crippen MR) is 49.8 cm³/mol. The van der Waals surface area contributed by atoms with Crippen molar-refractivity contribution >= 4 is 22.9 Å². The number of hydrogen-bond donors (Lipinski definition) is 2. The number of ether oxygens (including phenoxy) is 1. The van der Waals surface area contributed by atoms with Crippen LogP contribution in [-0.4, -0.2) is 30.5 Å². The van der Waals surface area contributed by atoms with Gasteiger partial charge in [-0.25, -0.2) is 5.84 Å².